The van der Waals surface area contributed by atoms with Gasteiger partial charge >= 0.3 is 0 Å². The third-order valence-electron chi connectivity index (χ3n) is 3.16. The van der Waals surface area contributed by atoms with Crippen molar-refractivity contribution in [3.63, 3.8) is 0 Å². The van der Waals surface area contributed by atoms with Gasteiger partial charge in [0.25, 0.3) is 0 Å². The number of rotatable bonds is 7. The maximum atomic E-state index is 2.40. The third kappa shape index (κ3) is 5.69. The zero-order valence-corrected chi connectivity index (χ0v) is 12.1. The molecular weight excluding hydrogens is 212 g/mol. The standard InChI is InChI=1S/C15H26S/c1-12(2)6-5-7-13(3)8-10-15-11-9-14(4)16-15/h9,11-13H,5-8,10H2,1-4H3. The minimum Gasteiger partial charge on any atom is -0.146 e. The minimum atomic E-state index is 0.868. The van der Waals surface area contributed by atoms with E-state index in [9.17, 15) is 0 Å². The van der Waals surface area contributed by atoms with E-state index in [-0.39, 0.29) is 0 Å². The van der Waals surface area contributed by atoms with Crippen LogP contribution in [0.15, 0.2) is 12.1 Å². The first-order valence-electron chi connectivity index (χ1n) is 6.63. The number of thiophene rings is 1. The van der Waals surface area contributed by atoms with Gasteiger partial charge < -0.3 is 0 Å². The summed E-state index contributed by atoms with van der Waals surface area (Å²) in [5, 5.41) is 0. The topological polar surface area (TPSA) is 0 Å². The molecule has 0 aliphatic rings. The minimum absolute atomic E-state index is 0.868. The molecule has 0 aliphatic carbocycles. The van der Waals surface area contributed by atoms with E-state index < -0.39 is 0 Å². The van der Waals surface area contributed by atoms with Crippen molar-refractivity contribution < 1.29 is 0 Å². The van der Waals surface area contributed by atoms with E-state index in [4.69, 9.17) is 0 Å². The molecule has 0 bridgehead atoms. The zero-order chi connectivity index (χ0) is 12.0. The van der Waals surface area contributed by atoms with Gasteiger partial charge in [0.1, 0.15) is 0 Å². The van der Waals surface area contributed by atoms with Gasteiger partial charge in [-0.2, -0.15) is 0 Å². The largest absolute Gasteiger partial charge is 0.146 e. The van der Waals surface area contributed by atoms with Crippen molar-refractivity contribution in [2.24, 2.45) is 11.8 Å². The van der Waals surface area contributed by atoms with Crippen molar-refractivity contribution in [3.05, 3.63) is 21.9 Å². The first kappa shape index (κ1) is 13.8. The van der Waals surface area contributed by atoms with Gasteiger partial charge in [-0.15, -0.1) is 11.3 Å². The van der Waals surface area contributed by atoms with E-state index in [1.807, 2.05) is 11.3 Å². The first-order valence-corrected chi connectivity index (χ1v) is 7.45. The number of aryl methyl sites for hydroxylation is 2. The van der Waals surface area contributed by atoms with Crippen molar-refractivity contribution in [2.45, 2.75) is 59.8 Å². The first-order chi connectivity index (χ1) is 7.58. The van der Waals surface area contributed by atoms with Crippen molar-refractivity contribution in [3.8, 4) is 0 Å². The predicted octanol–water partition coefficient (Wildman–Crippen LogP) is 5.45. The second kappa shape index (κ2) is 7.11. The molecule has 0 saturated heterocycles. The Balaban J connectivity index is 2.12. The van der Waals surface area contributed by atoms with E-state index >= 15 is 0 Å². The Morgan fingerprint density at radius 3 is 2.38 bits per heavy atom. The second-order valence-electron chi connectivity index (χ2n) is 5.48. The van der Waals surface area contributed by atoms with Gasteiger partial charge in [-0.25, -0.2) is 0 Å². The van der Waals surface area contributed by atoms with Gasteiger partial charge in [0.2, 0.25) is 0 Å². The molecule has 1 aromatic rings. The maximum absolute atomic E-state index is 2.40. The van der Waals surface area contributed by atoms with E-state index in [1.165, 1.54) is 37.0 Å². The Hall–Kier alpha value is -0.300. The van der Waals surface area contributed by atoms with Crippen molar-refractivity contribution in [1.29, 1.82) is 0 Å². The quantitative estimate of drug-likeness (QED) is 0.592. The summed E-state index contributed by atoms with van der Waals surface area (Å²) in [5.74, 6) is 1.76. The SMILES string of the molecule is Cc1ccc(CCC(C)CCCC(C)C)s1. The molecule has 0 nitrogen and oxygen atoms in total. The van der Waals surface area contributed by atoms with Crippen molar-refractivity contribution in [1.82, 2.24) is 0 Å². The molecule has 0 aromatic carbocycles. The summed E-state index contributed by atoms with van der Waals surface area (Å²) in [7, 11) is 0. The van der Waals surface area contributed by atoms with Gasteiger partial charge in [0, 0.05) is 9.75 Å². The highest BCUT2D eigenvalue weighted by Gasteiger charge is 2.04. The number of hydrogen-bond donors (Lipinski definition) is 0. The third-order valence-corrected chi connectivity index (χ3v) is 4.22. The summed E-state index contributed by atoms with van der Waals surface area (Å²) in [6.45, 7) is 9.24. The van der Waals surface area contributed by atoms with Crippen LogP contribution < -0.4 is 0 Å². The van der Waals surface area contributed by atoms with Crippen LogP contribution in [0.25, 0.3) is 0 Å². The smallest absolute Gasteiger partial charge is 0.00481 e. The monoisotopic (exact) mass is 238 g/mol. The fraction of sp³-hybridized carbons (Fsp3) is 0.733. The lowest BCUT2D eigenvalue weighted by Gasteiger charge is -2.11. The van der Waals surface area contributed by atoms with Crippen molar-refractivity contribution >= 4 is 11.3 Å². The van der Waals surface area contributed by atoms with Crippen LogP contribution in [0.3, 0.4) is 0 Å². The molecule has 0 fully saturated rings. The summed E-state index contributed by atoms with van der Waals surface area (Å²) in [4.78, 5) is 3.01. The molecule has 16 heavy (non-hydrogen) atoms. The van der Waals surface area contributed by atoms with Crippen LogP contribution in [0.1, 0.15) is 56.2 Å². The molecule has 1 rings (SSSR count). The van der Waals surface area contributed by atoms with E-state index in [0.29, 0.717) is 0 Å². The molecule has 0 saturated carbocycles. The van der Waals surface area contributed by atoms with Crippen LogP contribution >= 0.6 is 11.3 Å². The molecule has 0 aliphatic heterocycles. The molecule has 1 unspecified atom stereocenters. The Kier molecular flexibility index (Phi) is 6.12. The molecule has 1 atom stereocenters. The lowest BCUT2D eigenvalue weighted by Crippen LogP contribution is -1.98. The van der Waals surface area contributed by atoms with E-state index in [1.54, 1.807) is 4.88 Å². The van der Waals surface area contributed by atoms with Gasteiger partial charge in [0.15, 0.2) is 0 Å². The Labute approximate surface area is 105 Å². The molecular formula is C15H26S. The summed E-state index contributed by atoms with van der Waals surface area (Å²) in [5.41, 5.74) is 0. The lowest BCUT2D eigenvalue weighted by atomic mass is 9.96. The van der Waals surface area contributed by atoms with Crippen molar-refractivity contribution in [2.75, 3.05) is 0 Å². The zero-order valence-electron chi connectivity index (χ0n) is 11.3. The van der Waals surface area contributed by atoms with Gasteiger partial charge in [0.05, 0.1) is 0 Å². The summed E-state index contributed by atoms with van der Waals surface area (Å²) in [6, 6.07) is 4.53. The van der Waals surface area contributed by atoms with Crippen LogP contribution in [0.4, 0.5) is 0 Å². The predicted molar refractivity (Wildman–Crippen MR) is 75.2 cm³/mol. The Morgan fingerprint density at radius 2 is 1.81 bits per heavy atom. The van der Waals surface area contributed by atoms with Crippen LogP contribution in [-0.2, 0) is 6.42 Å². The second-order valence-corrected chi connectivity index (χ2v) is 6.85. The average molecular weight is 238 g/mol. The van der Waals surface area contributed by atoms with Crippen LogP contribution in [0.5, 0.6) is 0 Å². The van der Waals surface area contributed by atoms with Crippen LogP contribution in [-0.4, -0.2) is 0 Å². The normalized spacial score (nSPS) is 13.3. The molecule has 0 amide bonds. The van der Waals surface area contributed by atoms with Gasteiger partial charge in [-0.05, 0) is 43.7 Å². The molecule has 1 aromatic heterocycles. The molecule has 0 spiro atoms. The molecule has 92 valence electrons. The Bertz CT molecular complexity index is 285. The Morgan fingerprint density at radius 1 is 1.06 bits per heavy atom. The molecule has 1 heteroatoms. The molecule has 1 heterocycles. The summed E-state index contributed by atoms with van der Waals surface area (Å²) in [6.07, 6.45) is 6.84. The highest BCUT2D eigenvalue weighted by molar-refractivity contribution is 7.11. The highest BCUT2D eigenvalue weighted by atomic mass is 32.1. The highest BCUT2D eigenvalue weighted by Crippen LogP contribution is 2.21. The number of hydrogen-bond acceptors (Lipinski definition) is 1. The summed E-state index contributed by atoms with van der Waals surface area (Å²) < 4.78 is 0. The van der Waals surface area contributed by atoms with E-state index in [2.05, 4.69) is 39.8 Å². The summed E-state index contributed by atoms with van der Waals surface area (Å²) >= 11 is 1.96. The lowest BCUT2D eigenvalue weighted by molar-refractivity contribution is 0.438. The molecule has 0 radical (unpaired) electrons. The fourth-order valence-corrected chi connectivity index (χ4v) is 2.93. The van der Waals surface area contributed by atoms with Gasteiger partial charge in [-0.1, -0.05) is 40.0 Å². The van der Waals surface area contributed by atoms with E-state index in [0.717, 1.165) is 11.8 Å². The average Bonchev–Trinajstić information content (AvgIpc) is 2.61. The van der Waals surface area contributed by atoms with Crippen LogP contribution in [0.2, 0.25) is 0 Å². The maximum Gasteiger partial charge on any atom is 0.00481 e. The van der Waals surface area contributed by atoms with Gasteiger partial charge in [-0.3, -0.25) is 0 Å². The van der Waals surface area contributed by atoms with Crippen LogP contribution in [0, 0.1) is 18.8 Å². The molecule has 0 N–H and O–H groups in total. The fourth-order valence-electron chi connectivity index (χ4n) is 2.03.